The molecule has 8 aromatic rings. The second-order valence-electron chi connectivity index (χ2n) is 20.3. The van der Waals surface area contributed by atoms with Crippen molar-refractivity contribution >= 4 is 11.0 Å². The number of rotatable bonds is 9. The van der Waals surface area contributed by atoms with Crippen LogP contribution in [0.2, 0.25) is 0 Å². The molecule has 8 rings (SSSR count). The van der Waals surface area contributed by atoms with Gasteiger partial charge in [-0.1, -0.05) is 179 Å². The summed E-state index contributed by atoms with van der Waals surface area (Å²) in [5.74, 6) is 0.233. The Balaban J connectivity index is 0.00000703. The minimum Gasteiger partial charge on any atom is -0.507 e. The monoisotopic (exact) mass is 1040 g/mol. The van der Waals surface area contributed by atoms with Gasteiger partial charge in [0.05, 0.1) is 22.3 Å². The zero-order valence-electron chi connectivity index (χ0n) is 43.9. The van der Waals surface area contributed by atoms with Crippen LogP contribution in [0.4, 0.5) is 0 Å². The number of phenols is 1. The van der Waals surface area contributed by atoms with Crippen LogP contribution in [0.1, 0.15) is 140 Å². The molecular formula is C60H64N3OPt-. The molecule has 4 nitrogen and oxygen atoms in total. The van der Waals surface area contributed by atoms with Crippen molar-refractivity contribution in [2.24, 2.45) is 0 Å². The Hall–Kier alpha value is -5.57. The predicted molar refractivity (Wildman–Crippen MR) is 271 cm³/mol. The first-order valence-corrected chi connectivity index (χ1v) is 22.6. The molecule has 0 bridgehead atoms. The molecule has 2 aromatic heterocycles. The van der Waals surface area contributed by atoms with Gasteiger partial charge in [0, 0.05) is 44.0 Å². The fraction of sp³-hybridized carbons (Fsp3) is 0.300. The number of pyridine rings is 1. The standard InChI is InChI=1S/C60H64N3O.Pt/c1-36(2)42-23-26-54(51(32-42)41-21-24-47(25-22-41)59(8,9)10)63-55-16-14-15-49(56(55)62-58(63)52-34-44(37(3)4)33-50(38(5)6)57(52)64)45-29-46(31-48(30-45)60(11,12)13)53-35-43(27-28-61-53)40-19-17-39(7)18-20-40;/h14-28,30-38,64H,1-13H3;/q-1;/i7D3,36D;. The van der Waals surface area contributed by atoms with Gasteiger partial charge in [-0.2, -0.15) is 0 Å². The minimum absolute atomic E-state index is 0. The molecule has 65 heavy (non-hydrogen) atoms. The third kappa shape index (κ3) is 9.57. The third-order valence-corrected chi connectivity index (χ3v) is 12.5. The average molecular weight is 1040 g/mol. The van der Waals surface area contributed by atoms with Gasteiger partial charge in [0.2, 0.25) is 0 Å². The van der Waals surface area contributed by atoms with Gasteiger partial charge in [-0.15, -0.1) is 29.3 Å². The number of para-hydroxylation sites is 1. The molecule has 0 amide bonds. The number of hydrogen-bond donors (Lipinski definition) is 1. The summed E-state index contributed by atoms with van der Waals surface area (Å²) in [7, 11) is 0. The van der Waals surface area contributed by atoms with Gasteiger partial charge in [0.1, 0.15) is 11.6 Å². The summed E-state index contributed by atoms with van der Waals surface area (Å²) in [5, 5.41) is 12.4. The predicted octanol–water partition coefficient (Wildman–Crippen LogP) is 16.5. The van der Waals surface area contributed by atoms with E-state index >= 15 is 0 Å². The van der Waals surface area contributed by atoms with Crippen LogP contribution in [0, 0.1) is 12.9 Å². The van der Waals surface area contributed by atoms with Gasteiger partial charge >= 0.3 is 0 Å². The average Bonchev–Trinajstić information content (AvgIpc) is 3.67. The molecule has 6 aromatic carbocycles. The van der Waals surface area contributed by atoms with E-state index in [0.717, 1.165) is 83.6 Å². The first-order valence-electron chi connectivity index (χ1n) is 24.6. The Kier molecular flexibility index (Phi) is 11.9. The fourth-order valence-corrected chi connectivity index (χ4v) is 8.49. The number of benzene rings is 6. The van der Waals surface area contributed by atoms with Gasteiger partial charge in [-0.25, -0.2) is 4.98 Å². The molecule has 0 atom stereocenters. The van der Waals surface area contributed by atoms with Crippen LogP contribution in [-0.2, 0) is 31.9 Å². The summed E-state index contributed by atoms with van der Waals surface area (Å²) < 4.78 is 34.9. The second kappa shape index (κ2) is 18.4. The molecule has 2 heterocycles. The zero-order chi connectivity index (χ0) is 49.2. The molecule has 0 aliphatic rings. The molecular weight excluding hydrogens is 974 g/mol. The number of nitrogens with zero attached hydrogens (tertiary/aromatic N) is 3. The first-order chi connectivity index (χ1) is 31.8. The molecule has 5 heteroatoms. The summed E-state index contributed by atoms with van der Waals surface area (Å²) in [6.45, 7) is 23.5. The van der Waals surface area contributed by atoms with Crippen molar-refractivity contribution in [2.45, 2.75) is 118 Å². The smallest absolute Gasteiger partial charge is 0.148 e. The summed E-state index contributed by atoms with van der Waals surface area (Å²) in [5.41, 5.74) is 15.5. The molecule has 0 unspecified atom stereocenters. The van der Waals surface area contributed by atoms with Crippen LogP contribution in [0.25, 0.3) is 72.7 Å². The number of phenolic OH excluding ortho intramolecular Hbond substituents is 1. The van der Waals surface area contributed by atoms with Gasteiger partial charge in [-0.05, 0) is 105 Å². The molecule has 0 fully saturated rings. The molecule has 0 saturated carbocycles. The number of aromatic hydroxyl groups is 1. The van der Waals surface area contributed by atoms with Crippen LogP contribution >= 0.6 is 0 Å². The van der Waals surface area contributed by atoms with E-state index in [0.29, 0.717) is 17.0 Å². The third-order valence-electron chi connectivity index (χ3n) is 12.5. The zero-order valence-corrected chi connectivity index (χ0v) is 42.2. The Morgan fingerprint density at radius 1 is 0.631 bits per heavy atom. The summed E-state index contributed by atoms with van der Waals surface area (Å²) in [6.07, 6.45) is 1.79. The van der Waals surface area contributed by atoms with Gasteiger partial charge in [0.25, 0.3) is 0 Å². The SMILES string of the molecule is [2H]C([2H])([2H])c1ccc(-c2ccnc(-c3[c-]c(-c4cccc5c4nc(-c4cc(C(C)C)cc(C(C)C)c4O)n5-c4ccc(C([2H])(C)C)cc4-c4ccc(C(C)(C)C)cc4)cc(C(C)(C)C)c3)c2)cc1.[Pt]. The quantitative estimate of drug-likeness (QED) is 0.147. The van der Waals surface area contributed by atoms with Gasteiger partial charge < -0.3 is 5.11 Å². The summed E-state index contributed by atoms with van der Waals surface area (Å²) in [4.78, 5) is 10.5. The topological polar surface area (TPSA) is 50.9 Å². The van der Waals surface area contributed by atoms with Crippen molar-refractivity contribution in [3.63, 3.8) is 0 Å². The molecule has 0 spiro atoms. The van der Waals surface area contributed by atoms with E-state index in [1.807, 2.05) is 38.1 Å². The minimum atomic E-state index is -2.18. The van der Waals surface area contributed by atoms with Crippen LogP contribution in [0.5, 0.6) is 5.75 Å². The largest absolute Gasteiger partial charge is 0.507 e. The van der Waals surface area contributed by atoms with Crippen molar-refractivity contribution in [3.8, 4) is 67.5 Å². The summed E-state index contributed by atoms with van der Waals surface area (Å²) in [6, 6.07) is 44.7. The molecule has 0 radical (unpaired) electrons. The fourth-order valence-electron chi connectivity index (χ4n) is 8.49. The summed E-state index contributed by atoms with van der Waals surface area (Å²) >= 11 is 0. The van der Waals surface area contributed by atoms with Crippen LogP contribution < -0.4 is 0 Å². The number of fused-ring (bicyclic) bond motifs is 1. The van der Waals surface area contributed by atoms with E-state index in [-0.39, 0.29) is 49.5 Å². The number of aromatic nitrogens is 3. The molecule has 0 saturated heterocycles. The number of aryl methyl sites for hydroxylation is 1. The van der Waals surface area contributed by atoms with E-state index in [1.165, 1.54) is 5.56 Å². The number of imidazole rings is 1. The second-order valence-corrected chi connectivity index (χ2v) is 20.3. The molecule has 336 valence electrons. The van der Waals surface area contributed by atoms with E-state index in [1.54, 1.807) is 18.3 Å². The Labute approximate surface area is 408 Å². The van der Waals surface area contributed by atoms with Crippen LogP contribution in [0.15, 0.2) is 128 Å². The Morgan fingerprint density at radius 2 is 1.29 bits per heavy atom. The Morgan fingerprint density at radius 3 is 1.92 bits per heavy atom. The molecule has 1 N–H and O–H groups in total. The Bertz CT molecular complexity index is 3160. The van der Waals surface area contributed by atoms with Crippen molar-refractivity contribution in [3.05, 3.63) is 167 Å². The first kappa shape index (κ1) is 42.1. The van der Waals surface area contributed by atoms with E-state index in [2.05, 4.69) is 165 Å². The molecule has 0 aliphatic heterocycles. The van der Waals surface area contributed by atoms with Crippen molar-refractivity contribution in [1.29, 1.82) is 0 Å². The van der Waals surface area contributed by atoms with Crippen molar-refractivity contribution in [1.82, 2.24) is 14.5 Å². The molecule has 0 aliphatic carbocycles. The van der Waals surface area contributed by atoms with E-state index < -0.39 is 12.7 Å². The van der Waals surface area contributed by atoms with Crippen molar-refractivity contribution < 1.29 is 31.7 Å². The normalized spacial score (nSPS) is 13.4. The van der Waals surface area contributed by atoms with E-state index in [9.17, 15) is 5.11 Å². The van der Waals surface area contributed by atoms with Crippen molar-refractivity contribution in [2.75, 3.05) is 0 Å². The van der Waals surface area contributed by atoms with E-state index in [4.69, 9.17) is 15.5 Å². The van der Waals surface area contributed by atoms with Crippen LogP contribution in [-0.4, -0.2) is 19.6 Å². The maximum absolute atomic E-state index is 12.4. The maximum Gasteiger partial charge on any atom is 0.148 e. The maximum atomic E-state index is 12.4. The number of hydrogen-bond acceptors (Lipinski definition) is 3. The van der Waals surface area contributed by atoms with Gasteiger partial charge in [-0.3, -0.25) is 9.55 Å². The van der Waals surface area contributed by atoms with Gasteiger partial charge in [0.15, 0.2) is 0 Å². The van der Waals surface area contributed by atoms with Crippen LogP contribution in [0.3, 0.4) is 0 Å².